The molecule has 2 amide bonds. The Kier molecular flexibility index (Phi) is 5.50. The molecule has 0 aliphatic carbocycles. The van der Waals surface area contributed by atoms with E-state index in [0.29, 0.717) is 16.3 Å². The predicted molar refractivity (Wildman–Crippen MR) is 101 cm³/mol. The molecule has 1 unspecified atom stereocenters. The summed E-state index contributed by atoms with van der Waals surface area (Å²) in [6, 6.07) is 2.02. The van der Waals surface area contributed by atoms with Crippen LogP contribution in [-0.4, -0.2) is 42.2 Å². The van der Waals surface area contributed by atoms with Gasteiger partial charge in [0.1, 0.15) is 10.7 Å². The van der Waals surface area contributed by atoms with Crippen LogP contribution in [0.15, 0.2) is 23.4 Å². The van der Waals surface area contributed by atoms with E-state index in [4.69, 9.17) is 9.47 Å². The Morgan fingerprint density at radius 1 is 1.18 bits per heavy atom. The van der Waals surface area contributed by atoms with Gasteiger partial charge >= 0.3 is 6.03 Å². The number of ether oxygens (including phenoxy) is 2. The van der Waals surface area contributed by atoms with E-state index >= 15 is 0 Å². The largest absolute Gasteiger partial charge is 0.493 e. The summed E-state index contributed by atoms with van der Waals surface area (Å²) in [5, 5.41) is 0.318. The first-order chi connectivity index (χ1) is 13.3. The molecule has 0 saturated heterocycles. The molecule has 1 atom stereocenters. The lowest BCUT2D eigenvalue weighted by molar-refractivity contribution is 0.249. The fourth-order valence-electron chi connectivity index (χ4n) is 3.06. The summed E-state index contributed by atoms with van der Waals surface area (Å²) in [7, 11) is 1.14. The second kappa shape index (κ2) is 7.70. The van der Waals surface area contributed by atoms with E-state index in [2.05, 4.69) is 4.98 Å². The minimum atomic E-state index is -1.33. The van der Waals surface area contributed by atoms with Gasteiger partial charge in [0.2, 0.25) is 0 Å². The maximum Gasteiger partial charge on any atom is 0.329 e. The minimum absolute atomic E-state index is 0.113. The highest BCUT2D eigenvalue weighted by Gasteiger charge is 2.36. The van der Waals surface area contributed by atoms with Gasteiger partial charge in [-0.05, 0) is 13.0 Å². The third kappa shape index (κ3) is 3.17. The number of hydrogen-bond donors (Lipinski definition) is 0. The quantitative estimate of drug-likeness (QED) is 0.756. The number of rotatable bonds is 5. The van der Waals surface area contributed by atoms with Crippen molar-refractivity contribution >= 4 is 28.2 Å². The minimum Gasteiger partial charge on any atom is -0.493 e. The molecule has 0 radical (unpaired) electrons. The third-order valence-corrected chi connectivity index (χ3v) is 5.26. The number of amides is 2. The molecule has 0 bridgehead atoms. The Hall–Kier alpha value is -2.75. The number of methoxy groups -OCH3 is 2. The van der Waals surface area contributed by atoms with Gasteiger partial charge in [0.05, 0.1) is 37.3 Å². The smallest absolute Gasteiger partial charge is 0.329 e. The highest BCUT2D eigenvalue weighted by Crippen LogP contribution is 2.40. The standard InChI is InChI=1S/C18H19F2N3O4S/c1-5-22-11-6-14(28(4)25)21-8-10(11)9-23(18(22)24)17-15(19)12(26-2)7-13(27-3)16(17)20/h6-8H,5,9H2,1-4H3. The molecule has 10 heteroatoms. The summed E-state index contributed by atoms with van der Waals surface area (Å²) in [6.45, 7) is 1.86. The first-order valence-corrected chi connectivity index (χ1v) is 9.91. The molecule has 0 spiro atoms. The van der Waals surface area contributed by atoms with Crippen LogP contribution in [-0.2, 0) is 17.3 Å². The van der Waals surface area contributed by atoms with Gasteiger partial charge in [0.25, 0.3) is 0 Å². The Morgan fingerprint density at radius 2 is 1.79 bits per heavy atom. The Morgan fingerprint density at radius 3 is 2.29 bits per heavy atom. The zero-order valence-corrected chi connectivity index (χ0v) is 16.6. The van der Waals surface area contributed by atoms with E-state index in [-0.39, 0.29) is 24.6 Å². The van der Waals surface area contributed by atoms with Crippen molar-refractivity contribution in [1.82, 2.24) is 4.98 Å². The van der Waals surface area contributed by atoms with Gasteiger partial charge in [0.15, 0.2) is 23.1 Å². The zero-order valence-electron chi connectivity index (χ0n) is 15.8. The van der Waals surface area contributed by atoms with E-state index in [1.165, 1.54) is 31.6 Å². The van der Waals surface area contributed by atoms with Crippen molar-refractivity contribution in [3.63, 3.8) is 0 Å². The van der Waals surface area contributed by atoms with Gasteiger partial charge in [-0.25, -0.2) is 18.6 Å². The van der Waals surface area contributed by atoms with Crippen molar-refractivity contribution in [2.45, 2.75) is 18.5 Å². The van der Waals surface area contributed by atoms with E-state index in [1.54, 1.807) is 13.0 Å². The number of benzene rings is 1. The van der Waals surface area contributed by atoms with Crippen molar-refractivity contribution < 1.29 is 27.3 Å². The van der Waals surface area contributed by atoms with Gasteiger partial charge in [-0.1, -0.05) is 0 Å². The van der Waals surface area contributed by atoms with E-state index in [0.717, 1.165) is 11.0 Å². The highest BCUT2D eigenvalue weighted by molar-refractivity contribution is 7.84. The van der Waals surface area contributed by atoms with Crippen LogP contribution in [0.2, 0.25) is 0 Å². The summed E-state index contributed by atoms with van der Waals surface area (Å²) in [5.74, 6) is -2.50. The molecule has 1 aliphatic heterocycles. The molecule has 150 valence electrons. The van der Waals surface area contributed by atoms with Crippen molar-refractivity contribution in [2.75, 3.05) is 36.8 Å². The normalized spacial score (nSPS) is 14.7. The second-order valence-electron chi connectivity index (χ2n) is 5.98. The maximum absolute atomic E-state index is 14.9. The Labute approximate surface area is 163 Å². The Balaban J connectivity index is 2.18. The van der Waals surface area contributed by atoms with Crippen LogP contribution in [0.3, 0.4) is 0 Å². The molecule has 7 nitrogen and oxygen atoms in total. The number of carbonyl (C=O) groups excluding carboxylic acids is 1. The molecule has 2 aromatic rings. The number of halogens is 2. The fourth-order valence-corrected chi connectivity index (χ4v) is 3.54. The lowest BCUT2D eigenvalue weighted by atomic mass is 10.1. The molecule has 1 aliphatic rings. The topological polar surface area (TPSA) is 72.0 Å². The second-order valence-corrected chi connectivity index (χ2v) is 7.30. The number of pyridine rings is 1. The van der Waals surface area contributed by atoms with Gasteiger partial charge < -0.3 is 9.47 Å². The Bertz CT molecular complexity index is 942. The highest BCUT2D eigenvalue weighted by atomic mass is 32.2. The number of urea groups is 1. The fraction of sp³-hybridized carbons (Fsp3) is 0.333. The SMILES string of the molecule is CCN1C(=O)N(c2c(F)c(OC)cc(OC)c2F)Cc2cnc(S(C)=O)cc21. The van der Waals surface area contributed by atoms with Crippen LogP contribution in [0, 0.1) is 11.6 Å². The van der Waals surface area contributed by atoms with E-state index in [9.17, 15) is 17.8 Å². The molecule has 0 saturated carbocycles. The summed E-state index contributed by atoms with van der Waals surface area (Å²) >= 11 is 0. The average Bonchev–Trinajstić information content (AvgIpc) is 2.68. The molecule has 1 aromatic heterocycles. The van der Waals surface area contributed by atoms with Crippen LogP contribution in [0.1, 0.15) is 12.5 Å². The molecule has 1 aromatic carbocycles. The molecule has 3 rings (SSSR count). The van der Waals surface area contributed by atoms with Crippen molar-refractivity contribution in [3.8, 4) is 11.5 Å². The zero-order chi connectivity index (χ0) is 20.6. The lowest BCUT2D eigenvalue weighted by Crippen LogP contribution is -2.48. The van der Waals surface area contributed by atoms with Crippen LogP contribution in [0.5, 0.6) is 11.5 Å². The number of hydrogen-bond acceptors (Lipinski definition) is 5. The summed E-state index contributed by atoms with van der Waals surface area (Å²) in [4.78, 5) is 19.5. The third-order valence-electron chi connectivity index (χ3n) is 4.45. The maximum atomic E-state index is 14.9. The van der Waals surface area contributed by atoms with Gasteiger partial charge in [-0.2, -0.15) is 0 Å². The molecular weight excluding hydrogens is 392 g/mol. The number of anilines is 2. The van der Waals surface area contributed by atoms with Crippen LogP contribution >= 0.6 is 0 Å². The van der Waals surface area contributed by atoms with Gasteiger partial charge in [-0.3, -0.25) is 14.0 Å². The number of nitrogens with zero attached hydrogens (tertiary/aromatic N) is 3. The number of fused-ring (bicyclic) bond motifs is 1. The summed E-state index contributed by atoms with van der Waals surface area (Å²) in [5.41, 5.74) is 0.518. The van der Waals surface area contributed by atoms with Crippen LogP contribution in [0.25, 0.3) is 0 Å². The van der Waals surface area contributed by atoms with Gasteiger partial charge in [0, 0.05) is 30.6 Å². The summed E-state index contributed by atoms with van der Waals surface area (Å²) in [6.07, 6.45) is 2.94. The lowest BCUT2D eigenvalue weighted by Gasteiger charge is -2.37. The number of carbonyl (C=O) groups is 1. The van der Waals surface area contributed by atoms with Gasteiger partial charge in [-0.15, -0.1) is 0 Å². The molecule has 28 heavy (non-hydrogen) atoms. The molecular formula is C18H19F2N3O4S. The van der Waals surface area contributed by atoms with E-state index < -0.39 is 34.2 Å². The monoisotopic (exact) mass is 411 g/mol. The van der Waals surface area contributed by atoms with E-state index in [1.807, 2.05) is 0 Å². The first kappa shape index (κ1) is 20.0. The van der Waals surface area contributed by atoms with Crippen molar-refractivity contribution in [3.05, 3.63) is 35.5 Å². The molecule has 0 fully saturated rings. The van der Waals surface area contributed by atoms with Crippen molar-refractivity contribution in [1.29, 1.82) is 0 Å². The predicted octanol–water partition coefficient (Wildman–Crippen LogP) is 3.08. The number of aromatic nitrogens is 1. The molecule has 0 N–H and O–H groups in total. The first-order valence-electron chi connectivity index (χ1n) is 8.35. The van der Waals surface area contributed by atoms with Crippen LogP contribution < -0.4 is 19.3 Å². The molecule has 2 heterocycles. The van der Waals surface area contributed by atoms with Crippen molar-refractivity contribution in [2.24, 2.45) is 0 Å². The summed E-state index contributed by atoms with van der Waals surface area (Å²) < 4.78 is 51.4. The average molecular weight is 411 g/mol. The van der Waals surface area contributed by atoms with Crippen LogP contribution in [0.4, 0.5) is 25.0 Å².